The van der Waals surface area contributed by atoms with Crippen molar-refractivity contribution in [1.29, 1.82) is 0 Å². The molecular weight excluding hydrogens is 428 g/mol. The van der Waals surface area contributed by atoms with Crippen molar-refractivity contribution in [2.24, 2.45) is 0 Å². The van der Waals surface area contributed by atoms with Crippen LogP contribution in [0.1, 0.15) is 70.4 Å². The van der Waals surface area contributed by atoms with Gasteiger partial charge in [0.05, 0.1) is 0 Å². The second-order valence-electron chi connectivity index (χ2n) is 7.11. The first-order valence-corrected chi connectivity index (χ1v) is 17.2. The normalized spacial score (nSPS) is 12.4. The second-order valence-corrected chi connectivity index (χ2v) is 20.4. The minimum absolute atomic E-state index is 0.383. The molecule has 0 nitrogen and oxygen atoms in total. The van der Waals surface area contributed by atoms with Crippen LogP contribution in [-0.2, 0) is 6.18 Å². The van der Waals surface area contributed by atoms with Gasteiger partial charge in [0.25, 0.3) is 0 Å². The van der Waals surface area contributed by atoms with E-state index in [0.717, 1.165) is 55.4 Å². The average Bonchev–Trinajstić information content (AvgIpc) is 2.60. The summed E-state index contributed by atoms with van der Waals surface area (Å²) >= 11 is -2.92. The predicted octanol–water partition coefficient (Wildman–Crippen LogP) is 8.11. The number of halogens is 3. The zero-order valence-corrected chi connectivity index (χ0v) is 18.9. The van der Waals surface area contributed by atoms with Gasteiger partial charge in [0.15, 0.2) is 0 Å². The van der Waals surface area contributed by atoms with E-state index in [1.807, 2.05) is 0 Å². The van der Waals surface area contributed by atoms with Crippen LogP contribution in [0.25, 0.3) is 3.59 Å². The maximum absolute atomic E-state index is 13.5. The van der Waals surface area contributed by atoms with Crippen LogP contribution < -0.4 is 0 Å². The van der Waals surface area contributed by atoms with Gasteiger partial charge >= 0.3 is 156 Å². The Hall–Kier alpha value is -0.451. The Morgan fingerprint density at radius 2 is 1.32 bits per heavy atom. The van der Waals surface area contributed by atoms with E-state index in [4.69, 9.17) is 0 Å². The maximum atomic E-state index is 13.5. The van der Waals surface area contributed by atoms with Crippen LogP contribution in [-0.4, -0.2) is 18.4 Å². The van der Waals surface area contributed by atoms with Gasteiger partial charge < -0.3 is 0 Å². The molecular formula is C21H33F3Sn. The first kappa shape index (κ1) is 22.6. The third-order valence-corrected chi connectivity index (χ3v) is 20.9. The fourth-order valence-corrected chi connectivity index (χ4v) is 19.5. The van der Waals surface area contributed by atoms with Gasteiger partial charge in [-0.3, -0.25) is 0 Å². The van der Waals surface area contributed by atoms with E-state index in [0.29, 0.717) is 5.56 Å². The molecule has 0 aliphatic rings. The molecule has 0 bridgehead atoms. The summed E-state index contributed by atoms with van der Waals surface area (Å²) in [4.78, 5) is 0. The Morgan fingerprint density at radius 1 is 0.880 bits per heavy atom. The standard InChI is InChI=1S/C9H6F3.3C4H9.Sn/c1-2-7-5-3-4-6-8(7)9(10,11)12;3*1-3-4-2;/h3-6H,1H2;3*1,3-4H2,2H3;. The van der Waals surface area contributed by atoms with Crippen LogP contribution in [0.5, 0.6) is 0 Å². The molecule has 0 unspecified atom stereocenters. The van der Waals surface area contributed by atoms with Gasteiger partial charge in [-0.25, -0.2) is 0 Å². The van der Waals surface area contributed by atoms with E-state index < -0.39 is 30.1 Å². The summed E-state index contributed by atoms with van der Waals surface area (Å²) < 4.78 is 44.9. The molecule has 0 N–H and O–H groups in total. The van der Waals surface area contributed by atoms with Gasteiger partial charge in [-0.15, -0.1) is 0 Å². The van der Waals surface area contributed by atoms with Crippen LogP contribution in [0.15, 0.2) is 30.8 Å². The molecule has 0 fully saturated rings. The van der Waals surface area contributed by atoms with E-state index in [1.165, 1.54) is 12.1 Å². The van der Waals surface area contributed by atoms with Crippen LogP contribution in [0.3, 0.4) is 0 Å². The van der Waals surface area contributed by atoms with Gasteiger partial charge in [0.1, 0.15) is 0 Å². The molecule has 0 saturated carbocycles. The minimum atomic E-state index is -4.31. The van der Waals surface area contributed by atoms with Crippen LogP contribution >= 0.6 is 0 Å². The quantitative estimate of drug-likeness (QED) is 0.292. The molecule has 4 heteroatoms. The molecule has 1 rings (SSSR count). The third-order valence-electron chi connectivity index (χ3n) is 5.22. The number of unbranched alkanes of at least 4 members (excludes halogenated alkanes) is 3. The van der Waals surface area contributed by atoms with Crippen LogP contribution in [0.2, 0.25) is 13.3 Å². The van der Waals surface area contributed by atoms with E-state index in [9.17, 15) is 13.2 Å². The number of benzene rings is 1. The molecule has 0 radical (unpaired) electrons. The molecule has 0 heterocycles. The van der Waals surface area contributed by atoms with E-state index in [1.54, 1.807) is 12.1 Å². The molecule has 142 valence electrons. The molecule has 1 aromatic carbocycles. The number of hydrogen-bond donors (Lipinski definition) is 0. The van der Waals surface area contributed by atoms with Crippen molar-refractivity contribution in [3.63, 3.8) is 0 Å². The van der Waals surface area contributed by atoms with Crippen molar-refractivity contribution in [3.05, 3.63) is 42.0 Å². The average molecular weight is 461 g/mol. The van der Waals surface area contributed by atoms with Crippen molar-refractivity contribution in [3.8, 4) is 0 Å². The van der Waals surface area contributed by atoms with Gasteiger partial charge in [-0.2, -0.15) is 0 Å². The third kappa shape index (κ3) is 6.33. The molecule has 0 aliphatic carbocycles. The number of alkyl halides is 3. The van der Waals surface area contributed by atoms with Crippen molar-refractivity contribution >= 4 is 22.0 Å². The summed E-state index contributed by atoms with van der Waals surface area (Å²) in [6.45, 7) is 10.8. The summed E-state index contributed by atoms with van der Waals surface area (Å²) in [7, 11) is 0. The predicted molar refractivity (Wildman–Crippen MR) is 105 cm³/mol. The second kappa shape index (κ2) is 10.6. The zero-order chi connectivity index (χ0) is 18.9. The van der Waals surface area contributed by atoms with Crippen LogP contribution in [0.4, 0.5) is 13.2 Å². The molecule has 0 aliphatic heterocycles. The Bertz CT molecular complexity index is 512. The Kier molecular flexibility index (Phi) is 9.61. The van der Waals surface area contributed by atoms with Crippen LogP contribution in [0, 0.1) is 0 Å². The van der Waals surface area contributed by atoms with Crippen molar-refractivity contribution < 1.29 is 13.2 Å². The monoisotopic (exact) mass is 462 g/mol. The SMILES string of the molecule is C=[C](c1ccccc1C(F)(F)F)[Sn]([CH2]CCC)([CH2]CCC)[CH2]CCC. The van der Waals surface area contributed by atoms with E-state index >= 15 is 0 Å². The first-order valence-electron chi connectivity index (χ1n) is 9.68. The number of hydrogen-bond acceptors (Lipinski definition) is 0. The molecule has 1 aromatic rings. The topological polar surface area (TPSA) is 0 Å². The Labute approximate surface area is 155 Å². The van der Waals surface area contributed by atoms with E-state index in [2.05, 4.69) is 27.4 Å². The number of rotatable bonds is 11. The van der Waals surface area contributed by atoms with Crippen molar-refractivity contribution in [1.82, 2.24) is 0 Å². The molecule has 0 saturated heterocycles. The van der Waals surface area contributed by atoms with Crippen molar-refractivity contribution in [2.75, 3.05) is 0 Å². The zero-order valence-electron chi connectivity index (χ0n) is 16.0. The molecule has 0 aromatic heterocycles. The Morgan fingerprint density at radius 3 is 1.72 bits per heavy atom. The molecule has 25 heavy (non-hydrogen) atoms. The summed E-state index contributed by atoms with van der Waals surface area (Å²) in [5, 5.41) is 0. The summed E-state index contributed by atoms with van der Waals surface area (Å²) in [6.07, 6.45) is 2.36. The van der Waals surface area contributed by atoms with Gasteiger partial charge in [0, 0.05) is 0 Å². The van der Waals surface area contributed by atoms with E-state index in [-0.39, 0.29) is 0 Å². The fourth-order valence-electron chi connectivity index (χ4n) is 3.65. The molecule has 0 atom stereocenters. The fraction of sp³-hybridized carbons (Fsp3) is 0.619. The Balaban J connectivity index is 3.34. The van der Waals surface area contributed by atoms with Gasteiger partial charge in [0.2, 0.25) is 0 Å². The van der Waals surface area contributed by atoms with Gasteiger partial charge in [-0.1, -0.05) is 0 Å². The summed E-state index contributed by atoms with van der Waals surface area (Å²) in [5.74, 6) is 0. The van der Waals surface area contributed by atoms with Gasteiger partial charge in [-0.05, 0) is 0 Å². The van der Waals surface area contributed by atoms with Crippen molar-refractivity contribution in [2.45, 2.75) is 78.8 Å². The molecule has 0 spiro atoms. The first-order chi connectivity index (χ1) is 11.8. The summed E-state index contributed by atoms with van der Waals surface area (Å²) in [5.41, 5.74) is -0.111. The summed E-state index contributed by atoms with van der Waals surface area (Å²) in [6, 6.07) is 6.09. The molecule has 0 amide bonds.